The molecule has 0 radical (unpaired) electrons. The van der Waals surface area contributed by atoms with Crippen molar-refractivity contribution in [3.05, 3.63) is 18.2 Å². The van der Waals surface area contributed by atoms with E-state index in [-0.39, 0.29) is 0 Å². The number of hydrogen-bond donors (Lipinski definition) is 1. The van der Waals surface area contributed by atoms with Crippen molar-refractivity contribution in [2.24, 2.45) is 11.7 Å². The maximum absolute atomic E-state index is 5.89. The lowest BCUT2D eigenvalue weighted by Gasteiger charge is -2.26. The summed E-state index contributed by atoms with van der Waals surface area (Å²) in [4.78, 5) is 6.75. The maximum atomic E-state index is 5.89. The highest BCUT2D eigenvalue weighted by molar-refractivity contribution is 5.64. The van der Waals surface area contributed by atoms with Crippen LogP contribution in [-0.2, 0) is 0 Å². The Kier molecular flexibility index (Phi) is 2.66. The van der Waals surface area contributed by atoms with Crippen molar-refractivity contribution in [1.29, 1.82) is 0 Å². The number of nitrogens with zero attached hydrogens (tertiary/aromatic N) is 5. The Labute approximate surface area is 106 Å². The Bertz CT molecular complexity index is 563. The number of aromatic nitrogens is 4. The monoisotopic (exact) mass is 246 g/mol. The molecule has 2 N–H and O–H groups in total. The average molecular weight is 246 g/mol. The summed E-state index contributed by atoms with van der Waals surface area (Å²) in [6, 6.07) is 0.348. The fourth-order valence-electron chi connectivity index (χ4n) is 2.76. The van der Waals surface area contributed by atoms with Crippen LogP contribution >= 0.6 is 0 Å². The minimum Gasteiger partial charge on any atom is -0.349 e. The van der Waals surface area contributed by atoms with Gasteiger partial charge in [0.05, 0.1) is 0 Å². The van der Waals surface area contributed by atoms with Crippen LogP contribution in [0.1, 0.15) is 19.2 Å². The number of hydrogen-bond acceptors (Lipinski definition) is 5. The van der Waals surface area contributed by atoms with Crippen molar-refractivity contribution in [3.8, 4) is 0 Å². The molecule has 0 saturated carbocycles. The lowest BCUT2D eigenvalue weighted by atomic mass is 10.0. The second-order valence-corrected chi connectivity index (χ2v) is 4.95. The van der Waals surface area contributed by atoms with Crippen LogP contribution in [0.5, 0.6) is 0 Å². The summed E-state index contributed by atoms with van der Waals surface area (Å²) < 4.78 is 1.97. The van der Waals surface area contributed by atoms with Crippen LogP contribution in [0, 0.1) is 12.8 Å². The first-order valence-corrected chi connectivity index (χ1v) is 6.35. The molecule has 2 atom stereocenters. The van der Waals surface area contributed by atoms with Gasteiger partial charge in [-0.2, -0.15) is 0 Å². The normalized spacial score (nSPS) is 24.1. The number of aryl methyl sites for hydroxylation is 1. The molecule has 3 rings (SSSR count). The first-order chi connectivity index (χ1) is 8.72. The number of rotatable bonds is 2. The van der Waals surface area contributed by atoms with Crippen LogP contribution in [-0.4, -0.2) is 38.7 Å². The molecule has 2 aromatic heterocycles. The molecule has 0 spiro atoms. The third-order valence-corrected chi connectivity index (χ3v) is 3.87. The summed E-state index contributed by atoms with van der Waals surface area (Å²) in [6.07, 6.45) is 4.85. The summed E-state index contributed by atoms with van der Waals surface area (Å²) in [5.41, 5.74) is 6.71. The van der Waals surface area contributed by atoms with E-state index in [1.165, 1.54) is 0 Å². The van der Waals surface area contributed by atoms with Gasteiger partial charge in [0.2, 0.25) is 5.65 Å². The lowest BCUT2D eigenvalue weighted by Crippen LogP contribution is -2.39. The molecule has 3 heterocycles. The third kappa shape index (κ3) is 1.56. The molecule has 2 unspecified atom stereocenters. The van der Waals surface area contributed by atoms with Gasteiger partial charge in [0.1, 0.15) is 5.82 Å². The smallest absolute Gasteiger partial charge is 0.203 e. The van der Waals surface area contributed by atoms with Gasteiger partial charge in [0.15, 0.2) is 5.82 Å². The first-order valence-electron chi connectivity index (χ1n) is 6.35. The molecule has 0 bridgehead atoms. The molecule has 6 heteroatoms. The maximum Gasteiger partial charge on any atom is 0.203 e. The van der Waals surface area contributed by atoms with Gasteiger partial charge in [0.25, 0.3) is 0 Å². The quantitative estimate of drug-likeness (QED) is 0.840. The molecule has 0 amide bonds. The minimum absolute atomic E-state index is 0.348. The number of anilines is 1. The predicted molar refractivity (Wildman–Crippen MR) is 69.5 cm³/mol. The summed E-state index contributed by atoms with van der Waals surface area (Å²) in [7, 11) is 0. The fourth-order valence-corrected chi connectivity index (χ4v) is 2.76. The molecule has 1 aliphatic heterocycles. The van der Waals surface area contributed by atoms with Gasteiger partial charge in [-0.25, -0.2) is 4.98 Å². The largest absolute Gasteiger partial charge is 0.349 e. The number of fused-ring (bicyclic) bond motifs is 1. The van der Waals surface area contributed by atoms with Crippen molar-refractivity contribution in [1.82, 2.24) is 19.6 Å². The summed E-state index contributed by atoms with van der Waals surface area (Å²) in [6.45, 7) is 5.82. The van der Waals surface area contributed by atoms with E-state index in [1.54, 1.807) is 6.20 Å². The zero-order chi connectivity index (χ0) is 12.7. The molecule has 1 saturated heterocycles. The van der Waals surface area contributed by atoms with Crippen LogP contribution in [0.25, 0.3) is 5.65 Å². The van der Waals surface area contributed by atoms with Crippen molar-refractivity contribution >= 4 is 11.5 Å². The van der Waals surface area contributed by atoms with Gasteiger partial charge in [-0.05, 0) is 19.3 Å². The van der Waals surface area contributed by atoms with Crippen LogP contribution in [0.2, 0.25) is 0 Å². The zero-order valence-corrected chi connectivity index (χ0v) is 10.7. The predicted octanol–water partition coefficient (Wildman–Crippen LogP) is 0.606. The van der Waals surface area contributed by atoms with E-state index in [4.69, 9.17) is 5.73 Å². The second kappa shape index (κ2) is 4.20. The number of nitrogens with two attached hydrogens (primary N) is 1. The summed E-state index contributed by atoms with van der Waals surface area (Å²) >= 11 is 0. The average Bonchev–Trinajstić information content (AvgIpc) is 2.93. The lowest BCUT2D eigenvalue weighted by molar-refractivity contribution is 0.517. The fraction of sp³-hybridized carbons (Fsp3) is 0.583. The topological polar surface area (TPSA) is 72.3 Å². The molecule has 1 fully saturated rings. The van der Waals surface area contributed by atoms with E-state index in [2.05, 4.69) is 27.0 Å². The van der Waals surface area contributed by atoms with Crippen LogP contribution in [0.4, 0.5) is 5.82 Å². The molecule has 2 aromatic rings. The molecule has 0 aromatic carbocycles. The highest BCUT2D eigenvalue weighted by Gasteiger charge is 2.32. The Morgan fingerprint density at radius 2 is 2.28 bits per heavy atom. The van der Waals surface area contributed by atoms with Gasteiger partial charge < -0.3 is 10.6 Å². The highest BCUT2D eigenvalue weighted by Crippen LogP contribution is 2.29. The van der Waals surface area contributed by atoms with Crippen molar-refractivity contribution in [2.75, 3.05) is 18.0 Å². The van der Waals surface area contributed by atoms with Crippen molar-refractivity contribution in [3.63, 3.8) is 0 Å². The molecule has 18 heavy (non-hydrogen) atoms. The highest BCUT2D eigenvalue weighted by atomic mass is 15.3. The van der Waals surface area contributed by atoms with E-state index in [1.807, 2.05) is 17.5 Å². The minimum atomic E-state index is 0.348. The van der Waals surface area contributed by atoms with Gasteiger partial charge in [0, 0.05) is 31.5 Å². The SMILES string of the molecule is Cc1nnc2c(N3CCC(C)C3CN)nccn12. The van der Waals surface area contributed by atoms with Gasteiger partial charge >= 0.3 is 0 Å². The zero-order valence-electron chi connectivity index (χ0n) is 10.7. The van der Waals surface area contributed by atoms with Crippen LogP contribution in [0.3, 0.4) is 0 Å². The Balaban J connectivity index is 2.09. The van der Waals surface area contributed by atoms with E-state index in [0.717, 1.165) is 30.3 Å². The Morgan fingerprint density at radius 1 is 1.44 bits per heavy atom. The standard InChI is InChI=1S/C12H18N6/c1-8-3-5-18(10(8)7-13)11-12-16-15-9(2)17(12)6-4-14-11/h4,6,8,10H,3,5,7,13H2,1-2H3. The molecule has 0 aliphatic carbocycles. The molecular weight excluding hydrogens is 228 g/mol. The Hall–Kier alpha value is -1.69. The van der Waals surface area contributed by atoms with Crippen molar-refractivity contribution in [2.45, 2.75) is 26.3 Å². The van der Waals surface area contributed by atoms with Crippen molar-refractivity contribution < 1.29 is 0 Å². The molecular formula is C12H18N6. The molecule has 96 valence electrons. The van der Waals surface area contributed by atoms with Gasteiger partial charge in [-0.15, -0.1) is 10.2 Å². The Morgan fingerprint density at radius 3 is 3.06 bits per heavy atom. The van der Waals surface area contributed by atoms with E-state index in [0.29, 0.717) is 18.5 Å². The van der Waals surface area contributed by atoms with E-state index < -0.39 is 0 Å². The third-order valence-electron chi connectivity index (χ3n) is 3.87. The van der Waals surface area contributed by atoms with E-state index in [9.17, 15) is 0 Å². The second-order valence-electron chi connectivity index (χ2n) is 4.95. The first kappa shape index (κ1) is 11.4. The summed E-state index contributed by atoms with van der Waals surface area (Å²) in [5, 5.41) is 8.34. The van der Waals surface area contributed by atoms with Gasteiger partial charge in [-0.3, -0.25) is 4.40 Å². The van der Waals surface area contributed by atoms with E-state index >= 15 is 0 Å². The van der Waals surface area contributed by atoms with Crippen LogP contribution in [0.15, 0.2) is 12.4 Å². The summed E-state index contributed by atoms with van der Waals surface area (Å²) in [5.74, 6) is 2.38. The molecule has 1 aliphatic rings. The van der Waals surface area contributed by atoms with Crippen LogP contribution < -0.4 is 10.6 Å². The van der Waals surface area contributed by atoms with Gasteiger partial charge in [-0.1, -0.05) is 6.92 Å². The molecule has 6 nitrogen and oxygen atoms in total.